The summed E-state index contributed by atoms with van der Waals surface area (Å²) in [4.78, 5) is 19.0. The maximum atomic E-state index is 14.3. The van der Waals surface area contributed by atoms with Crippen LogP contribution < -0.4 is 5.32 Å². The second-order valence-electron chi connectivity index (χ2n) is 10.6. The number of aliphatic carboxylic acids is 1. The lowest BCUT2D eigenvalue weighted by Gasteiger charge is -2.43. The molecule has 0 spiro atoms. The fourth-order valence-corrected chi connectivity index (χ4v) is 5.65. The molecule has 1 saturated heterocycles. The third-order valence-electron chi connectivity index (χ3n) is 7.74. The van der Waals surface area contributed by atoms with E-state index in [-0.39, 0.29) is 12.0 Å². The number of carboxylic acids is 1. The number of halogens is 1. The lowest BCUT2D eigenvalue weighted by molar-refractivity contribution is -0.151. The van der Waals surface area contributed by atoms with E-state index in [0.29, 0.717) is 25.3 Å². The lowest BCUT2D eigenvalue weighted by Crippen LogP contribution is -2.55. The number of unbranched alkanes of at least 4 members (excludes halogenated alkanes) is 2. The summed E-state index contributed by atoms with van der Waals surface area (Å²) in [6.07, 6.45) is 7.41. The van der Waals surface area contributed by atoms with E-state index >= 15 is 0 Å². The maximum Gasteiger partial charge on any atom is 0.325 e. The summed E-state index contributed by atoms with van der Waals surface area (Å²) in [5.74, 6) is 0.480. The van der Waals surface area contributed by atoms with Crippen molar-refractivity contribution < 1.29 is 19.0 Å². The van der Waals surface area contributed by atoms with Gasteiger partial charge in [0.25, 0.3) is 0 Å². The van der Waals surface area contributed by atoms with Gasteiger partial charge in [-0.3, -0.25) is 9.69 Å². The number of nitrogens with zero attached hydrogens (tertiary/aromatic N) is 2. The quantitative estimate of drug-likeness (QED) is 0.374. The third kappa shape index (κ3) is 5.73. The highest BCUT2D eigenvalue weighted by atomic mass is 19.1. The summed E-state index contributed by atoms with van der Waals surface area (Å²) >= 11 is 0. The van der Waals surface area contributed by atoms with Crippen LogP contribution in [0.15, 0.2) is 30.3 Å². The number of fused-ring (bicyclic) bond motifs is 1. The molecule has 6 nitrogen and oxygen atoms in total. The van der Waals surface area contributed by atoms with Crippen LogP contribution in [-0.2, 0) is 22.4 Å². The number of carboxylic acid groups (broad SMARTS) is 1. The molecular formula is C29H38FN3O3. The number of hydrogen-bond acceptors (Lipinski definition) is 5. The van der Waals surface area contributed by atoms with Gasteiger partial charge in [-0.1, -0.05) is 30.7 Å². The number of aryl methyl sites for hydroxylation is 2. The number of rotatable bonds is 12. The first-order valence-corrected chi connectivity index (χ1v) is 13.6. The first kappa shape index (κ1) is 25.2. The van der Waals surface area contributed by atoms with Gasteiger partial charge in [0.05, 0.1) is 6.10 Å². The average Bonchev–Trinajstić information content (AvgIpc) is 3.69. The highest BCUT2D eigenvalue weighted by Crippen LogP contribution is 2.47. The van der Waals surface area contributed by atoms with Gasteiger partial charge in [-0.2, -0.15) is 0 Å². The van der Waals surface area contributed by atoms with Crippen LogP contribution in [0.3, 0.4) is 0 Å². The van der Waals surface area contributed by atoms with Crippen molar-refractivity contribution in [2.45, 2.75) is 82.5 Å². The van der Waals surface area contributed by atoms with Crippen molar-refractivity contribution in [3.05, 3.63) is 58.3 Å². The van der Waals surface area contributed by atoms with Crippen LogP contribution >= 0.6 is 0 Å². The van der Waals surface area contributed by atoms with Gasteiger partial charge in [-0.15, -0.1) is 0 Å². The average molecular weight is 496 g/mol. The van der Waals surface area contributed by atoms with E-state index in [4.69, 9.17) is 9.72 Å². The van der Waals surface area contributed by atoms with Crippen molar-refractivity contribution in [2.24, 2.45) is 0 Å². The van der Waals surface area contributed by atoms with E-state index in [1.165, 1.54) is 18.9 Å². The van der Waals surface area contributed by atoms with Crippen LogP contribution in [0.5, 0.6) is 0 Å². The largest absolute Gasteiger partial charge is 0.480 e. The lowest BCUT2D eigenvalue weighted by atomic mass is 9.89. The van der Waals surface area contributed by atoms with Crippen LogP contribution in [0, 0.1) is 0 Å². The predicted molar refractivity (Wildman–Crippen MR) is 138 cm³/mol. The second kappa shape index (κ2) is 11.3. The molecule has 0 bridgehead atoms. The molecule has 36 heavy (non-hydrogen) atoms. The van der Waals surface area contributed by atoms with E-state index in [1.807, 2.05) is 11.0 Å². The summed E-state index contributed by atoms with van der Waals surface area (Å²) < 4.78 is 20.3. The standard InChI is InChI=1S/C29H38FN3O3/c1-19(30)24-9-5-10-25(26(24)20-11-12-20)27(29(34)35)33-17-23(18-33)36-16-4-2-3-8-22-14-13-21-7-6-15-31-28(21)32-22/h5,9-10,13-14,19-20,23,27H,2-4,6-8,11-12,15-18H2,1H3,(H,31,32)(H,34,35). The predicted octanol–water partition coefficient (Wildman–Crippen LogP) is 5.59. The number of carbonyl (C=O) groups is 1. The Morgan fingerprint density at radius 3 is 2.75 bits per heavy atom. The summed E-state index contributed by atoms with van der Waals surface area (Å²) in [7, 11) is 0. The Balaban J connectivity index is 1.06. The minimum atomic E-state index is -1.10. The van der Waals surface area contributed by atoms with Crippen molar-refractivity contribution in [3.8, 4) is 0 Å². The number of alkyl halides is 1. The zero-order valence-corrected chi connectivity index (χ0v) is 21.2. The van der Waals surface area contributed by atoms with Crippen LogP contribution in [0.1, 0.15) is 91.5 Å². The van der Waals surface area contributed by atoms with Gasteiger partial charge in [-0.05, 0) is 86.1 Å². The molecule has 2 atom stereocenters. The number of benzene rings is 1. The first-order valence-electron chi connectivity index (χ1n) is 13.6. The molecule has 2 unspecified atom stereocenters. The molecule has 194 valence electrons. The Morgan fingerprint density at radius 2 is 2.00 bits per heavy atom. The minimum Gasteiger partial charge on any atom is -0.480 e. The molecular weight excluding hydrogens is 457 g/mol. The Kier molecular flexibility index (Phi) is 7.87. The molecule has 2 N–H and O–H groups in total. The summed E-state index contributed by atoms with van der Waals surface area (Å²) in [6, 6.07) is 9.11. The molecule has 3 heterocycles. The smallest absolute Gasteiger partial charge is 0.325 e. The molecule has 0 amide bonds. The second-order valence-corrected chi connectivity index (χ2v) is 10.6. The number of anilines is 1. The van der Waals surface area contributed by atoms with Crippen molar-refractivity contribution in [2.75, 3.05) is 31.6 Å². The highest BCUT2D eigenvalue weighted by molar-refractivity contribution is 5.77. The number of pyridine rings is 1. The first-order chi connectivity index (χ1) is 17.5. The Hall–Kier alpha value is -2.51. The Bertz CT molecular complexity index is 1070. The number of nitrogens with one attached hydrogen (secondary N) is 1. The van der Waals surface area contributed by atoms with Gasteiger partial charge >= 0.3 is 5.97 Å². The van der Waals surface area contributed by atoms with Crippen LogP contribution in [-0.4, -0.2) is 53.3 Å². The van der Waals surface area contributed by atoms with E-state index in [1.54, 1.807) is 12.1 Å². The van der Waals surface area contributed by atoms with Crippen LogP contribution in [0.2, 0.25) is 0 Å². The molecule has 1 aromatic heterocycles. The zero-order chi connectivity index (χ0) is 25.1. The summed E-state index contributed by atoms with van der Waals surface area (Å²) in [5, 5.41) is 13.5. The minimum absolute atomic E-state index is 0.0629. The Morgan fingerprint density at radius 1 is 1.19 bits per heavy atom. The van der Waals surface area contributed by atoms with Crippen LogP contribution in [0.25, 0.3) is 0 Å². The number of likely N-dealkylation sites (tertiary alicyclic amines) is 1. The fraction of sp³-hybridized carbons (Fsp3) is 0.586. The molecule has 2 aromatic rings. The van der Waals surface area contributed by atoms with Crippen LogP contribution in [0.4, 0.5) is 10.2 Å². The molecule has 7 heteroatoms. The number of hydrogen-bond donors (Lipinski definition) is 2. The number of ether oxygens (including phenoxy) is 1. The third-order valence-corrected chi connectivity index (χ3v) is 7.74. The highest BCUT2D eigenvalue weighted by Gasteiger charge is 2.41. The van der Waals surface area contributed by atoms with Gasteiger partial charge in [0, 0.05) is 31.9 Å². The van der Waals surface area contributed by atoms with E-state index in [0.717, 1.165) is 74.1 Å². The van der Waals surface area contributed by atoms with Gasteiger partial charge < -0.3 is 15.2 Å². The molecule has 1 saturated carbocycles. The zero-order valence-electron chi connectivity index (χ0n) is 21.2. The van der Waals surface area contributed by atoms with Gasteiger partial charge in [0.1, 0.15) is 18.0 Å². The normalized spacial score (nSPS) is 19.7. The van der Waals surface area contributed by atoms with Crippen molar-refractivity contribution in [1.29, 1.82) is 0 Å². The topological polar surface area (TPSA) is 74.7 Å². The summed E-state index contributed by atoms with van der Waals surface area (Å²) in [6.45, 7) is 4.44. The van der Waals surface area contributed by atoms with Crippen molar-refractivity contribution in [1.82, 2.24) is 9.88 Å². The van der Waals surface area contributed by atoms with Crippen molar-refractivity contribution >= 4 is 11.8 Å². The molecule has 3 aliphatic rings. The molecule has 2 aliphatic heterocycles. The Labute approximate surface area is 213 Å². The van der Waals surface area contributed by atoms with Crippen molar-refractivity contribution in [3.63, 3.8) is 0 Å². The van der Waals surface area contributed by atoms with E-state index in [9.17, 15) is 14.3 Å². The van der Waals surface area contributed by atoms with Gasteiger partial charge in [0.2, 0.25) is 0 Å². The van der Waals surface area contributed by atoms with E-state index < -0.39 is 18.2 Å². The fourth-order valence-electron chi connectivity index (χ4n) is 5.65. The monoisotopic (exact) mass is 495 g/mol. The van der Waals surface area contributed by atoms with Gasteiger partial charge in [0.15, 0.2) is 0 Å². The maximum absolute atomic E-state index is 14.3. The van der Waals surface area contributed by atoms with Gasteiger partial charge in [-0.25, -0.2) is 9.37 Å². The molecule has 1 aromatic carbocycles. The molecule has 0 radical (unpaired) electrons. The SMILES string of the molecule is CC(F)c1cccc(C(C(=O)O)N2CC(OCCCCCc3ccc4c(n3)NCCC4)C2)c1C1CC1. The summed E-state index contributed by atoms with van der Waals surface area (Å²) in [5.41, 5.74) is 4.81. The molecule has 1 aliphatic carbocycles. The van der Waals surface area contributed by atoms with E-state index in [2.05, 4.69) is 17.4 Å². The molecule has 2 fully saturated rings. The number of aromatic nitrogens is 1. The molecule has 5 rings (SSSR count).